The van der Waals surface area contributed by atoms with Gasteiger partial charge in [-0.15, -0.1) is 0 Å². The highest BCUT2D eigenvalue weighted by molar-refractivity contribution is 5.79. The van der Waals surface area contributed by atoms with Crippen LogP contribution in [0.15, 0.2) is 30.3 Å². The fraction of sp³-hybridized carbons (Fsp3) is 0.611. The molecule has 0 bridgehead atoms. The van der Waals surface area contributed by atoms with E-state index >= 15 is 0 Å². The quantitative estimate of drug-likeness (QED) is 0.687. The fourth-order valence-corrected chi connectivity index (χ4v) is 2.96. The number of unbranched alkanes of at least 4 members (excludes halogenated alkanes) is 1. The molecular formula is C18H28N2O. The monoisotopic (exact) mass is 288 g/mol. The molecule has 2 atom stereocenters. The lowest BCUT2D eigenvalue weighted by Crippen LogP contribution is -2.39. The fourth-order valence-electron chi connectivity index (χ4n) is 2.96. The molecule has 1 aromatic rings. The maximum atomic E-state index is 12.5. The molecule has 2 rings (SSSR count). The van der Waals surface area contributed by atoms with E-state index < -0.39 is 0 Å². The van der Waals surface area contributed by atoms with Crippen molar-refractivity contribution >= 4 is 5.91 Å². The van der Waals surface area contributed by atoms with Gasteiger partial charge < -0.3 is 11.1 Å². The molecule has 1 saturated carbocycles. The van der Waals surface area contributed by atoms with Crippen LogP contribution in [-0.2, 0) is 11.2 Å². The molecule has 116 valence electrons. The van der Waals surface area contributed by atoms with Gasteiger partial charge in [-0.3, -0.25) is 4.79 Å². The van der Waals surface area contributed by atoms with Crippen LogP contribution in [0, 0.1) is 11.8 Å². The Morgan fingerprint density at radius 1 is 1.29 bits per heavy atom. The van der Waals surface area contributed by atoms with Crippen molar-refractivity contribution in [1.82, 2.24) is 5.32 Å². The van der Waals surface area contributed by atoms with Crippen LogP contribution in [-0.4, -0.2) is 18.5 Å². The number of nitrogens with two attached hydrogens (primary N) is 1. The average Bonchev–Trinajstić information content (AvgIpc) is 3.29. The SMILES string of the molecule is C[C@@H](Cc1ccccc1)NC(=O)[C@H](CCCCN)C1CC1. The standard InChI is InChI=1S/C18H28N2O/c1-14(13-15-7-3-2-4-8-15)20-18(21)17(16-10-11-16)9-5-6-12-19/h2-4,7-8,14,16-17H,5-6,9-13,19H2,1H3,(H,20,21)/t14-,17+/m0/s1. The lowest BCUT2D eigenvalue weighted by atomic mass is 9.95. The highest BCUT2D eigenvalue weighted by Gasteiger charge is 2.35. The normalized spacial score (nSPS) is 17.2. The Balaban J connectivity index is 1.80. The van der Waals surface area contributed by atoms with Gasteiger partial charge in [0.1, 0.15) is 0 Å². The van der Waals surface area contributed by atoms with E-state index in [4.69, 9.17) is 5.73 Å². The molecule has 1 fully saturated rings. The summed E-state index contributed by atoms with van der Waals surface area (Å²) in [7, 11) is 0. The number of amides is 1. The number of nitrogens with one attached hydrogen (secondary N) is 1. The van der Waals surface area contributed by atoms with Gasteiger partial charge in [0.15, 0.2) is 0 Å². The van der Waals surface area contributed by atoms with Crippen molar-refractivity contribution in [1.29, 1.82) is 0 Å². The van der Waals surface area contributed by atoms with Crippen molar-refractivity contribution in [3.63, 3.8) is 0 Å². The molecule has 1 amide bonds. The van der Waals surface area contributed by atoms with Crippen molar-refractivity contribution < 1.29 is 4.79 Å². The predicted octanol–water partition coefficient (Wildman–Crippen LogP) is 2.89. The van der Waals surface area contributed by atoms with Crippen molar-refractivity contribution in [3.8, 4) is 0 Å². The molecule has 3 heteroatoms. The Labute approximate surface area is 128 Å². The summed E-state index contributed by atoms with van der Waals surface area (Å²) >= 11 is 0. The van der Waals surface area contributed by atoms with Gasteiger partial charge >= 0.3 is 0 Å². The van der Waals surface area contributed by atoms with Crippen LogP contribution in [0.1, 0.15) is 44.6 Å². The number of carbonyl (C=O) groups excluding carboxylic acids is 1. The summed E-state index contributed by atoms with van der Waals surface area (Å²) in [6.45, 7) is 2.82. The zero-order valence-electron chi connectivity index (χ0n) is 13.1. The van der Waals surface area contributed by atoms with Crippen molar-refractivity contribution in [2.45, 2.75) is 51.5 Å². The summed E-state index contributed by atoms with van der Waals surface area (Å²) in [5, 5.41) is 3.21. The zero-order valence-corrected chi connectivity index (χ0v) is 13.1. The summed E-state index contributed by atoms with van der Waals surface area (Å²) < 4.78 is 0. The minimum atomic E-state index is 0.190. The first-order valence-corrected chi connectivity index (χ1v) is 8.25. The van der Waals surface area contributed by atoms with Gasteiger partial charge in [-0.05, 0) is 57.1 Å². The van der Waals surface area contributed by atoms with E-state index in [1.54, 1.807) is 0 Å². The third kappa shape index (κ3) is 5.50. The number of hydrogen-bond acceptors (Lipinski definition) is 2. The Hall–Kier alpha value is -1.35. The number of rotatable bonds is 9. The van der Waals surface area contributed by atoms with Crippen LogP contribution >= 0.6 is 0 Å². The van der Waals surface area contributed by atoms with Gasteiger partial charge in [-0.25, -0.2) is 0 Å². The smallest absolute Gasteiger partial charge is 0.223 e. The molecule has 1 aliphatic carbocycles. The molecule has 3 nitrogen and oxygen atoms in total. The lowest BCUT2D eigenvalue weighted by Gasteiger charge is -2.20. The molecule has 1 aromatic carbocycles. The molecule has 0 aromatic heterocycles. The Kier molecular flexibility index (Phi) is 6.24. The van der Waals surface area contributed by atoms with E-state index in [1.807, 2.05) is 18.2 Å². The molecule has 21 heavy (non-hydrogen) atoms. The van der Waals surface area contributed by atoms with Gasteiger partial charge in [0.05, 0.1) is 0 Å². The third-order valence-electron chi connectivity index (χ3n) is 4.27. The molecule has 3 N–H and O–H groups in total. The second kappa shape index (κ2) is 8.18. The van der Waals surface area contributed by atoms with E-state index in [1.165, 1.54) is 18.4 Å². The summed E-state index contributed by atoms with van der Waals surface area (Å²) in [6.07, 6.45) is 6.41. The molecule has 0 unspecified atom stereocenters. The van der Waals surface area contributed by atoms with Gasteiger partial charge in [0.2, 0.25) is 5.91 Å². The van der Waals surface area contributed by atoms with Crippen LogP contribution < -0.4 is 11.1 Å². The topological polar surface area (TPSA) is 55.1 Å². The third-order valence-corrected chi connectivity index (χ3v) is 4.27. The molecule has 0 radical (unpaired) electrons. The molecule has 1 aliphatic rings. The first-order valence-electron chi connectivity index (χ1n) is 8.25. The minimum Gasteiger partial charge on any atom is -0.353 e. The van der Waals surface area contributed by atoms with E-state index in [0.29, 0.717) is 5.92 Å². The van der Waals surface area contributed by atoms with E-state index in [9.17, 15) is 4.79 Å². The van der Waals surface area contributed by atoms with Crippen LogP contribution in [0.4, 0.5) is 0 Å². The summed E-state index contributed by atoms with van der Waals surface area (Å²) in [6, 6.07) is 10.5. The van der Waals surface area contributed by atoms with Gasteiger partial charge in [-0.2, -0.15) is 0 Å². The first-order chi connectivity index (χ1) is 10.2. The summed E-state index contributed by atoms with van der Waals surface area (Å²) in [5.74, 6) is 1.07. The van der Waals surface area contributed by atoms with Crippen molar-refractivity contribution in [3.05, 3.63) is 35.9 Å². The van der Waals surface area contributed by atoms with Crippen LogP contribution in [0.3, 0.4) is 0 Å². The highest BCUT2D eigenvalue weighted by Crippen LogP contribution is 2.39. The number of benzene rings is 1. The van der Waals surface area contributed by atoms with E-state index in [-0.39, 0.29) is 17.9 Å². The van der Waals surface area contributed by atoms with Crippen molar-refractivity contribution in [2.24, 2.45) is 17.6 Å². The van der Waals surface area contributed by atoms with Crippen LogP contribution in [0.2, 0.25) is 0 Å². The van der Waals surface area contributed by atoms with E-state index in [0.717, 1.165) is 32.2 Å². The predicted molar refractivity (Wildman–Crippen MR) is 86.9 cm³/mol. The highest BCUT2D eigenvalue weighted by atomic mass is 16.1. The summed E-state index contributed by atoms with van der Waals surface area (Å²) in [4.78, 5) is 12.5. The number of carbonyl (C=O) groups is 1. The Bertz CT molecular complexity index is 428. The Morgan fingerprint density at radius 3 is 2.62 bits per heavy atom. The summed E-state index contributed by atoms with van der Waals surface area (Å²) in [5.41, 5.74) is 6.82. The van der Waals surface area contributed by atoms with E-state index in [2.05, 4.69) is 24.4 Å². The average molecular weight is 288 g/mol. The molecular weight excluding hydrogens is 260 g/mol. The Morgan fingerprint density at radius 2 is 2.00 bits per heavy atom. The first kappa shape index (κ1) is 16.0. The molecule has 0 heterocycles. The van der Waals surface area contributed by atoms with Crippen LogP contribution in [0.25, 0.3) is 0 Å². The van der Waals surface area contributed by atoms with Gasteiger partial charge in [0.25, 0.3) is 0 Å². The minimum absolute atomic E-state index is 0.190. The molecule has 0 spiro atoms. The second-order valence-electron chi connectivity index (χ2n) is 6.33. The zero-order chi connectivity index (χ0) is 15.1. The lowest BCUT2D eigenvalue weighted by molar-refractivity contribution is -0.126. The molecule has 0 saturated heterocycles. The maximum absolute atomic E-state index is 12.5. The number of hydrogen-bond donors (Lipinski definition) is 2. The second-order valence-corrected chi connectivity index (χ2v) is 6.33. The van der Waals surface area contributed by atoms with Gasteiger partial charge in [0, 0.05) is 12.0 Å². The van der Waals surface area contributed by atoms with Crippen molar-refractivity contribution in [2.75, 3.05) is 6.54 Å². The largest absolute Gasteiger partial charge is 0.353 e. The van der Waals surface area contributed by atoms with Crippen LogP contribution in [0.5, 0.6) is 0 Å². The maximum Gasteiger partial charge on any atom is 0.223 e. The van der Waals surface area contributed by atoms with Gasteiger partial charge in [-0.1, -0.05) is 36.8 Å². The molecule has 0 aliphatic heterocycles.